The third-order valence-corrected chi connectivity index (χ3v) is 2.88. The normalized spacial score (nSPS) is 12.9. The first-order chi connectivity index (χ1) is 6.92. The van der Waals surface area contributed by atoms with Crippen LogP contribution < -0.4 is 5.32 Å². The van der Waals surface area contributed by atoms with Gasteiger partial charge in [-0.3, -0.25) is 5.10 Å². The van der Waals surface area contributed by atoms with Gasteiger partial charge in [0.25, 0.3) is 0 Å². The van der Waals surface area contributed by atoms with Crippen LogP contribution in [0.15, 0.2) is 23.8 Å². The van der Waals surface area contributed by atoms with Crippen LogP contribution in [0.2, 0.25) is 0 Å². The fourth-order valence-corrected chi connectivity index (χ4v) is 2.15. The third kappa shape index (κ3) is 1.83. The monoisotopic (exact) mass is 208 g/mol. The van der Waals surface area contributed by atoms with Crippen LogP contribution >= 0.6 is 11.3 Å². The SMILES string of the molecule is CCNC(c1ncn[nH]1)c1cccs1. The Morgan fingerprint density at radius 2 is 2.57 bits per heavy atom. The average molecular weight is 208 g/mol. The van der Waals surface area contributed by atoms with Crippen molar-refractivity contribution in [2.75, 3.05) is 6.54 Å². The number of nitrogens with zero attached hydrogens (tertiary/aromatic N) is 2. The molecule has 0 bridgehead atoms. The van der Waals surface area contributed by atoms with Crippen LogP contribution in [0.3, 0.4) is 0 Å². The van der Waals surface area contributed by atoms with Crippen LogP contribution in [-0.4, -0.2) is 21.7 Å². The molecule has 5 heteroatoms. The van der Waals surface area contributed by atoms with Crippen LogP contribution in [-0.2, 0) is 0 Å². The minimum Gasteiger partial charge on any atom is -0.303 e. The molecule has 0 fully saturated rings. The third-order valence-electron chi connectivity index (χ3n) is 1.94. The molecule has 1 unspecified atom stereocenters. The smallest absolute Gasteiger partial charge is 0.146 e. The van der Waals surface area contributed by atoms with E-state index in [1.54, 1.807) is 11.3 Å². The molecule has 2 heterocycles. The molecule has 2 aromatic heterocycles. The first kappa shape index (κ1) is 9.36. The highest BCUT2D eigenvalue weighted by Crippen LogP contribution is 2.22. The van der Waals surface area contributed by atoms with Gasteiger partial charge in [0.05, 0.1) is 0 Å². The second kappa shape index (κ2) is 4.34. The lowest BCUT2D eigenvalue weighted by molar-refractivity contribution is 0.608. The van der Waals surface area contributed by atoms with E-state index in [1.807, 2.05) is 6.07 Å². The van der Waals surface area contributed by atoms with Crippen molar-refractivity contribution < 1.29 is 0 Å². The van der Waals surface area contributed by atoms with Gasteiger partial charge in [0.2, 0.25) is 0 Å². The Kier molecular flexibility index (Phi) is 2.90. The Morgan fingerprint density at radius 3 is 3.14 bits per heavy atom. The van der Waals surface area contributed by atoms with Gasteiger partial charge in [-0.1, -0.05) is 13.0 Å². The number of aromatic nitrogens is 3. The Balaban J connectivity index is 2.25. The molecule has 2 N–H and O–H groups in total. The van der Waals surface area contributed by atoms with Crippen molar-refractivity contribution in [3.05, 3.63) is 34.5 Å². The molecule has 0 amide bonds. The fraction of sp³-hybridized carbons (Fsp3) is 0.333. The van der Waals surface area contributed by atoms with Crippen LogP contribution in [0.4, 0.5) is 0 Å². The van der Waals surface area contributed by atoms with Gasteiger partial charge in [-0.2, -0.15) is 5.10 Å². The number of hydrogen-bond acceptors (Lipinski definition) is 4. The summed E-state index contributed by atoms with van der Waals surface area (Å²) in [4.78, 5) is 5.42. The molecule has 0 aromatic carbocycles. The van der Waals surface area contributed by atoms with E-state index < -0.39 is 0 Å². The van der Waals surface area contributed by atoms with Gasteiger partial charge in [-0.25, -0.2) is 4.98 Å². The Bertz CT molecular complexity index is 320. The fourth-order valence-electron chi connectivity index (χ4n) is 1.35. The summed E-state index contributed by atoms with van der Waals surface area (Å²) in [6.07, 6.45) is 1.54. The number of aromatic amines is 1. The van der Waals surface area contributed by atoms with Gasteiger partial charge in [0, 0.05) is 4.88 Å². The van der Waals surface area contributed by atoms with Crippen molar-refractivity contribution in [2.45, 2.75) is 13.0 Å². The lowest BCUT2D eigenvalue weighted by Gasteiger charge is -2.12. The summed E-state index contributed by atoms with van der Waals surface area (Å²) < 4.78 is 0. The van der Waals surface area contributed by atoms with Crippen molar-refractivity contribution in [3.63, 3.8) is 0 Å². The average Bonchev–Trinajstić information content (AvgIpc) is 2.87. The molecule has 2 rings (SSSR count). The van der Waals surface area contributed by atoms with E-state index in [4.69, 9.17) is 0 Å². The Labute approximate surface area is 86.4 Å². The first-order valence-corrected chi connectivity index (χ1v) is 5.42. The van der Waals surface area contributed by atoms with E-state index in [9.17, 15) is 0 Å². The molecule has 0 saturated carbocycles. The zero-order valence-electron chi connectivity index (χ0n) is 7.90. The van der Waals surface area contributed by atoms with E-state index in [0.717, 1.165) is 12.4 Å². The van der Waals surface area contributed by atoms with Crippen molar-refractivity contribution in [2.24, 2.45) is 0 Å². The van der Waals surface area contributed by atoms with Crippen molar-refractivity contribution in [1.29, 1.82) is 0 Å². The molecule has 0 aliphatic heterocycles. The maximum atomic E-state index is 4.17. The lowest BCUT2D eigenvalue weighted by Crippen LogP contribution is -2.22. The zero-order chi connectivity index (χ0) is 9.80. The summed E-state index contributed by atoms with van der Waals surface area (Å²) in [7, 11) is 0. The second-order valence-corrected chi connectivity index (χ2v) is 3.86. The predicted octanol–water partition coefficient (Wildman–Crippen LogP) is 1.57. The summed E-state index contributed by atoms with van der Waals surface area (Å²) in [6.45, 7) is 2.99. The molecule has 74 valence electrons. The molecule has 0 aliphatic carbocycles. The quantitative estimate of drug-likeness (QED) is 0.801. The van der Waals surface area contributed by atoms with E-state index in [1.165, 1.54) is 11.2 Å². The van der Waals surface area contributed by atoms with Crippen LogP contribution in [0.5, 0.6) is 0 Å². The van der Waals surface area contributed by atoms with Gasteiger partial charge >= 0.3 is 0 Å². The lowest BCUT2D eigenvalue weighted by atomic mass is 10.2. The van der Waals surface area contributed by atoms with Crippen molar-refractivity contribution >= 4 is 11.3 Å². The summed E-state index contributed by atoms with van der Waals surface area (Å²) in [5, 5.41) is 12.2. The van der Waals surface area contributed by atoms with Gasteiger partial charge in [0.15, 0.2) is 0 Å². The Hall–Kier alpha value is -1.20. The summed E-state index contributed by atoms with van der Waals surface area (Å²) in [5.74, 6) is 0.870. The molecule has 2 aromatic rings. The van der Waals surface area contributed by atoms with Crippen molar-refractivity contribution in [1.82, 2.24) is 20.5 Å². The topological polar surface area (TPSA) is 53.6 Å². The molecule has 0 radical (unpaired) electrons. The number of H-pyrrole nitrogens is 1. The standard InChI is InChI=1S/C9H12N4S/c1-2-10-8(7-4-3-5-14-7)9-11-6-12-13-9/h3-6,8,10H,2H2,1H3,(H,11,12,13). The van der Waals surface area contributed by atoms with Crippen LogP contribution in [0, 0.1) is 0 Å². The van der Waals surface area contributed by atoms with E-state index in [0.29, 0.717) is 0 Å². The van der Waals surface area contributed by atoms with Gasteiger partial charge in [0.1, 0.15) is 18.2 Å². The first-order valence-electron chi connectivity index (χ1n) is 4.54. The maximum absolute atomic E-state index is 4.17. The minimum absolute atomic E-state index is 0.141. The maximum Gasteiger partial charge on any atom is 0.146 e. The second-order valence-electron chi connectivity index (χ2n) is 2.88. The molecular weight excluding hydrogens is 196 g/mol. The molecule has 0 spiro atoms. The highest BCUT2D eigenvalue weighted by atomic mass is 32.1. The molecular formula is C9H12N4S. The van der Waals surface area contributed by atoms with E-state index in [-0.39, 0.29) is 6.04 Å². The highest BCUT2D eigenvalue weighted by molar-refractivity contribution is 7.10. The molecule has 14 heavy (non-hydrogen) atoms. The highest BCUT2D eigenvalue weighted by Gasteiger charge is 2.15. The van der Waals surface area contributed by atoms with Crippen LogP contribution in [0.25, 0.3) is 0 Å². The Morgan fingerprint density at radius 1 is 1.64 bits per heavy atom. The molecule has 0 saturated heterocycles. The largest absolute Gasteiger partial charge is 0.303 e. The number of thiophene rings is 1. The molecule has 4 nitrogen and oxygen atoms in total. The predicted molar refractivity (Wildman–Crippen MR) is 56.2 cm³/mol. The molecule has 0 aliphatic rings. The summed E-state index contributed by atoms with van der Waals surface area (Å²) >= 11 is 1.72. The number of hydrogen-bond donors (Lipinski definition) is 2. The van der Waals surface area contributed by atoms with E-state index in [2.05, 4.69) is 38.9 Å². The van der Waals surface area contributed by atoms with Crippen LogP contribution in [0.1, 0.15) is 23.7 Å². The zero-order valence-corrected chi connectivity index (χ0v) is 8.71. The molecule has 1 atom stereocenters. The van der Waals surface area contributed by atoms with Gasteiger partial charge < -0.3 is 5.32 Å². The van der Waals surface area contributed by atoms with Gasteiger partial charge in [-0.15, -0.1) is 11.3 Å². The summed E-state index contributed by atoms with van der Waals surface area (Å²) in [6, 6.07) is 4.28. The number of rotatable bonds is 4. The summed E-state index contributed by atoms with van der Waals surface area (Å²) in [5.41, 5.74) is 0. The number of nitrogens with one attached hydrogen (secondary N) is 2. The van der Waals surface area contributed by atoms with E-state index >= 15 is 0 Å². The minimum atomic E-state index is 0.141. The van der Waals surface area contributed by atoms with Gasteiger partial charge in [-0.05, 0) is 18.0 Å². The van der Waals surface area contributed by atoms with Crippen molar-refractivity contribution in [3.8, 4) is 0 Å².